The summed E-state index contributed by atoms with van der Waals surface area (Å²) in [5, 5.41) is 3.28. The fourth-order valence-corrected chi connectivity index (χ4v) is 2.22. The highest BCUT2D eigenvalue weighted by Crippen LogP contribution is 2.34. The second-order valence-electron chi connectivity index (χ2n) is 6.51. The van der Waals surface area contributed by atoms with Crippen LogP contribution in [-0.2, 0) is 6.18 Å². The molecule has 1 atom stereocenters. The van der Waals surface area contributed by atoms with E-state index in [1.165, 1.54) is 6.07 Å². The molecule has 0 spiro atoms. The average Bonchev–Trinajstić information content (AvgIpc) is 2.31. The van der Waals surface area contributed by atoms with Crippen molar-refractivity contribution >= 4 is 0 Å². The Balaban J connectivity index is 3.05. The molecular weight excluding hydrogens is 282 g/mol. The third-order valence-corrected chi connectivity index (χ3v) is 3.16. The molecule has 0 bridgehead atoms. The Hall–Kier alpha value is -1.10. The Morgan fingerprint density at radius 2 is 1.76 bits per heavy atom. The molecule has 21 heavy (non-hydrogen) atoms. The third kappa shape index (κ3) is 5.65. The van der Waals surface area contributed by atoms with Gasteiger partial charge in [0.05, 0.1) is 5.56 Å². The smallest absolute Gasteiger partial charge is 0.310 e. The molecule has 0 fully saturated rings. The second-order valence-corrected chi connectivity index (χ2v) is 6.51. The molecule has 1 aromatic rings. The summed E-state index contributed by atoms with van der Waals surface area (Å²) in [5.41, 5.74) is -0.662. The van der Waals surface area contributed by atoms with Crippen LogP contribution in [0.25, 0.3) is 0 Å². The van der Waals surface area contributed by atoms with Crippen LogP contribution < -0.4 is 5.32 Å². The first-order valence-corrected chi connectivity index (χ1v) is 7.14. The summed E-state index contributed by atoms with van der Waals surface area (Å²) < 4.78 is 51.5. The highest BCUT2D eigenvalue weighted by atomic mass is 19.4. The van der Waals surface area contributed by atoms with E-state index in [1.54, 1.807) is 0 Å². The zero-order chi connectivity index (χ0) is 16.3. The normalized spacial score (nSPS) is 14.3. The number of alkyl halides is 3. The number of rotatable bonds is 5. The van der Waals surface area contributed by atoms with Crippen molar-refractivity contribution in [2.75, 3.05) is 6.54 Å². The first-order valence-electron chi connectivity index (χ1n) is 7.14. The summed E-state index contributed by atoms with van der Waals surface area (Å²) >= 11 is 0. The van der Waals surface area contributed by atoms with Gasteiger partial charge in [-0.05, 0) is 42.5 Å². The minimum absolute atomic E-state index is 0.00934. The summed E-state index contributed by atoms with van der Waals surface area (Å²) in [6.07, 6.45) is -3.03. The van der Waals surface area contributed by atoms with E-state index in [0.717, 1.165) is 31.5 Å². The van der Waals surface area contributed by atoms with Gasteiger partial charge in [-0.1, -0.05) is 33.8 Å². The molecule has 0 aliphatic rings. The van der Waals surface area contributed by atoms with Gasteiger partial charge in [0.1, 0.15) is 5.82 Å². The minimum atomic E-state index is -4.65. The monoisotopic (exact) mass is 305 g/mol. The molecule has 0 amide bonds. The molecule has 0 saturated heterocycles. The van der Waals surface area contributed by atoms with Gasteiger partial charge in [0.15, 0.2) is 0 Å². The second kappa shape index (κ2) is 6.77. The Bertz CT molecular complexity index is 460. The van der Waals surface area contributed by atoms with Crippen molar-refractivity contribution in [1.29, 1.82) is 0 Å². The van der Waals surface area contributed by atoms with Crippen molar-refractivity contribution in [3.63, 3.8) is 0 Å². The molecule has 0 aliphatic carbocycles. The highest BCUT2D eigenvalue weighted by Gasteiger charge is 2.34. The van der Waals surface area contributed by atoms with E-state index in [0.29, 0.717) is 5.56 Å². The Kier molecular flexibility index (Phi) is 5.79. The van der Waals surface area contributed by atoms with Crippen LogP contribution in [0.1, 0.15) is 57.7 Å². The van der Waals surface area contributed by atoms with E-state index < -0.39 is 17.6 Å². The summed E-state index contributed by atoms with van der Waals surface area (Å²) in [6, 6.07) is 3.04. The summed E-state index contributed by atoms with van der Waals surface area (Å²) in [6.45, 7) is 8.90. The molecule has 0 radical (unpaired) electrons. The molecule has 1 N–H and O–H groups in total. The van der Waals surface area contributed by atoms with Gasteiger partial charge in [0, 0.05) is 6.04 Å². The van der Waals surface area contributed by atoms with Crippen molar-refractivity contribution in [2.45, 2.75) is 52.8 Å². The van der Waals surface area contributed by atoms with Crippen LogP contribution in [0.3, 0.4) is 0 Å². The number of hydrogen-bond donors (Lipinski definition) is 1. The van der Waals surface area contributed by atoms with Crippen LogP contribution in [0.4, 0.5) is 17.6 Å². The van der Waals surface area contributed by atoms with Gasteiger partial charge < -0.3 is 5.32 Å². The number of halogens is 4. The van der Waals surface area contributed by atoms with Gasteiger partial charge >= 0.3 is 6.18 Å². The molecule has 5 heteroatoms. The summed E-state index contributed by atoms with van der Waals surface area (Å²) in [4.78, 5) is 0. The lowest BCUT2D eigenvalue weighted by Crippen LogP contribution is -2.26. The Labute approximate surface area is 123 Å². The zero-order valence-electron chi connectivity index (χ0n) is 12.9. The van der Waals surface area contributed by atoms with Crippen molar-refractivity contribution in [3.8, 4) is 0 Å². The predicted octanol–water partition coefficient (Wildman–Crippen LogP) is 5.32. The van der Waals surface area contributed by atoms with Crippen molar-refractivity contribution < 1.29 is 17.6 Å². The van der Waals surface area contributed by atoms with E-state index >= 15 is 0 Å². The largest absolute Gasteiger partial charge is 0.419 e. The zero-order valence-corrected chi connectivity index (χ0v) is 12.9. The van der Waals surface area contributed by atoms with Gasteiger partial charge in [-0.3, -0.25) is 0 Å². The molecule has 1 aromatic carbocycles. The maximum atomic E-state index is 13.7. The van der Waals surface area contributed by atoms with Gasteiger partial charge in [-0.2, -0.15) is 13.2 Å². The lowest BCUT2D eigenvalue weighted by Gasteiger charge is -2.27. The molecule has 0 aromatic heterocycles. The number of nitrogens with one attached hydrogen (secondary N) is 1. The topological polar surface area (TPSA) is 12.0 Å². The van der Waals surface area contributed by atoms with E-state index in [9.17, 15) is 17.6 Å². The van der Waals surface area contributed by atoms with Crippen LogP contribution in [0.5, 0.6) is 0 Å². The molecule has 0 aliphatic heterocycles. The van der Waals surface area contributed by atoms with Crippen molar-refractivity contribution in [2.24, 2.45) is 5.41 Å². The van der Waals surface area contributed by atoms with E-state index in [2.05, 4.69) is 5.32 Å². The maximum absolute atomic E-state index is 13.7. The standard InChI is InChI=1S/C16H23F4N/c1-5-8-21-14(10-15(2,3)4)11-6-7-12(13(17)9-11)16(18,19)20/h6-7,9,14,21H,5,8,10H2,1-4H3. The van der Waals surface area contributed by atoms with E-state index in [1.807, 2.05) is 27.7 Å². The van der Waals surface area contributed by atoms with E-state index in [-0.39, 0.29) is 11.5 Å². The minimum Gasteiger partial charge on any atom is -0.310 e. The molecule has 1 nitrogen and oxygen atoms in total. The van der Waals surface area contributed by atoms with Gasteiger partial charge in [-0.25, -0.2) is 4.39 Å². The van der Waals surface area contributed by atoms with Crippen molar-refractivity contribution in [1.82, 2.24) is 5.32 Å². The van der Waals surface area contributed by atoms with Crippen LogP contribution in [0.2, 0.25) is 0 Å². The number of benzene rings is 1. The maximum Gasteiger partial charge on any atom is 0.419 e. The highest BCUT2D eigenvalue weighted by molar-refractivity contribution is 5.28. The van der Waals surface area contributed by atoms with Crippen LogP contribution >= 0.6 is 0 Å². The molecule has 120 valence electrons. The van der Waals surface area contributed by atoms with Gasteiger partial charge in [0.25, 0.3) is 0 Å². The number of hydrogen-bond acceptors (Lipinski definition) is 1. The quantitative estimate of drug-likeness (QED) is 0.726. The molecule has 1 unspecified atom stereocenters. The van der Waals surface area contributed by atoms with Crippen LogP contribution in [0, 0.1) is 11.2 Å². The first-order chi connectivity index (χ1) is 9.54. The van der Waals surface area contributed by atoms with Gasteiger partial charge in [-0.15, -0.1) is 0 Å². The van der Waals surface area contributed by atoms with E-state index in [4.69, 9.17) is 0 Å². The Morgan fingerprint density at radius 3 is 2.19 bits per heavy atom. The summed E-state index contributed by atoms with van der Waals surface area (Å²) in [5.74, 6) is -1.21. The lowest BCUT2D eigenvalue weighted by molar-refractivity contribution is -0.140. The fraction of sp³-hybridized carbons (Fsp3) is 0.625. The molecule has 0 saturated carbocycles. The molecule has 1 rings (SSSR count). The first kappa shape index (κ1) is 18.0. The Morgan fingerprint density at radius 1 is 1.14 bits per heavy atom. The average molecular weight is 305 g/mol. The summed E-state index contributed by atoms with van der Waals surface area (Å²) in [7, 11) is 0. The lowest BCUT2D eigenvalue weighted by atomic mass is 9.85. The molecule has 0 heterocycles. The van der Waals surface area contributed by atoms with Crippen LogP contribution in [0.15, 0.2) is 18.2 Å². The third-order valence-electron chi connectivity index (χ3n) is 3.16. The SMILES string of the molecule is CCCNC(CC(C)(C)C)c1ccc(C(F)(F)F)c(F)c1. The van der Waals surface area contributed by atoms with Gasteiger partial charge in [0.2, 0.25) is 0 Å². The fourth-order valence-electron chi connectivity index (χ4n) is 2.22. The van der Waals surface area contributed by atoms with Crippen LogP contribution in [-0.4, -0.2) is 6.54 Å². The molecular formula is C16H23F4N. The van der Waals surface area contributed by atoms with Crippen molar-refractivity contribution in [3.05, 3.63) is 35.1 Å². The predicted molar refractivity (Wildman–Crippen MR) is 76.5 cm³/mol.